The number of ether oxygens (including phenoxy) is 1. The van der Waals surface area contributed by atoms with Gasteiger partial charge in [0.1, 0.15) is 17.2 Å². The van der Waals surface area contributed by atoms with Gasteiger partial charge in [-0.1, -0.05) is 0 Å². The average molecular weight is 259 g/mol. The zero-order chi connectivity index (χ0) is 13.2. The second kappa shape index (κ2) is 4.96. The first-order valence-corrected chi connectivity index (χ1v) is 5.55. The molecule has 0 aliphatic carbocycles. The number of halogens is 2. The van der Waals surface area contributed by atoms with Crippen LogP contribution in [0.25, 0.3) is 0 Å². The third-order valence-electron chi connectivity index (χ3n) is 1.92. The van der Waals surface area contributed by atoms with Gasteiger partial charge in [0.2, 0.25) is 0 Å². The standard InChI is InChI=1S/C12H15F2NOS/c1-12(2,3)16-11(17)5-7-4-10(15)9(14)6-8(7)13/h4,6H,5,15H2,1-3H3. The van der Waals surface area contributed by atoms with E-state index in [-0.39, 0.29) is 22.7 Å². The number of nitrogen functional groups attached to an aromatic ring is 1. The molecule has 1 aromatic rings. The smallest absolute Gasteiger partial charge is 0.164 e. The van der Waals surface area contributed by atoms with Crippen LogP contribution in [0.1, 0.15) is 26.3 Å². The van der Waals surface area contributed by atoms with Crippen LogP contribution >= 0.6 is 12.2 Å². The van der Waals surface area contributed by atoms with Gasteiger partial charge < -0.3 is 10.5 Å². The number of thiocarbonyl (C=S) groups is 1. The van der Waals surface area contributed by atoms with Crippen molar-refractivity contribution in [3.63, 3.8) is 0 Å². The highest BCUT2D eigenvalue weighted by Gasteiger charge is 2.16. The molecule has 2 nitrogen and oxygen atoms in total. The predicted octanol–water partition coefficient (Wildman–Crippen LogP) is 3.23. The van der Waals surface area contributed by atoms with Crippen LogP contribution in [0.15, 0.2) is 12.1 Å². The molecule has 0 saturated carbocycles. The molecule has 0 fully saturated rings. The molecular weight excluding hydrogens is 244 g/mol. The van der Waals surface area contributed by atoms with E-state index in [0.29, 0.717) is 0 Å². The van der Waals surface area contributed by atoms with Crippen molar-refractivity contribution in [3.8, 4) is 0 Å². The average Bonchev–Trinajstić information content (AvgIpc) is 2.11. The Hall–Kier alpha value is -1.23. The minimum atomic E-state index is -0.770. The molecule has 94 valence electrons. The Labute approximate surface area is 105 Å². The first-order valence-electron chi connectivity index (χ1n) is 5.14. The maximum absolute atomic E-state index is 13.4. The van der Waals surface area contributed by atoms with Crippen LogP contribution in [0.4, 0.5) is 14.5 Å². The number of anilines is 1. The first kappa shape index (κ1) is 13.8. The molecule has 1 aromatic carbocycles. The summed E-state index contributed by atoms with van der Waals surface area (Å²) in [4.78, 5) is 0. The van der Waals surface area contributed by atoms with Gasteiger partial charge >= 0.3 is 0 Å². The second-order valence-electron chi connectivity index (χ2n) is 4.73. The summed E-state index contributed by atoms with van der Waals surface area (Å²) in [6.45, 7) is 5.53. The van der Waals surface area contributed by atoms with Gasteiger partial charge in [0, 0.05) is 12.5 Å². The van der Waals surface area contributed by atoms with Crippen molar-refractivity contribution in [3.05, 3.63) is 29.3 Å². The maximum atomic E-state index is 13.4. The van der Waals surface area contributed by atoms with Crippen molar-refractivity contribution in [2.24, 2.45) is 0 Å². The Morgan fingerprint density at radius 2 is 1.88 bits per heavy atom. The number of rotatable bonds is 2. The van der Waals surface area contributed by atoms with E-state index < -0.39 is 17.2 Å². The van der Waals surface area contributed by atoms with Gasteiger partial charge in [-0.3, -0.25) is 0 Å². The monoisotopic (exact) mass is 259 g/mol. The molecule has 0 radical (unpaired) electrons. The topological polar surface area (TPSA) is 35.2 Å². The molecule has 0 heterocycles. The molecule has 0 spiro atoms. The largest absolute Gasteiger partial charge is 0.481 e. The number of nitrogens with two attached hydrogens (primary N) is 1. The molecule has 2 N–H and O–H groups in total. The molecule has 0 aliphatic heterocycles. The molecule has 0 aromatic heterocycles. The minimum absolute atomic E-state index is 0.0973. The first-order chi connectivity index (χ1) is 7.69. The van der Waals surface area contributed by atoms with Crippen LogP contribution in [0.3, 0.4) is 0 Å². The normalized spacial score (nSPS) is 11.4. The lowest BCUT2D eigenvalue weighted by molar-refractivity contribution is 0.118. The van der Waals surface area contributed by atoms with Crippen LogP contribution in [-0.4, -0.2) is 10.7 Å². The van der Waals surface area contributed by atoms with Crippen LogP contribution in [0.5, 0.6) is 0 Å². The third-order valence-corrected chi connectivity index (χ3v) is 2.15. The van der Waals surface area contributed by atoms with Crippen molar-refractivity contribution < 1.29 is 13.5 Å². The third kappa shape index (κ3) is 4.26. The second-order valence-corrected chi connectivity index (χ2v) is 5.18. The lowest BCUT2D eigenvalue weighted by Crippen LogP contribution is -2.24. The van der Waals surface area contributed by atoms with Gasteiger partial charge in [-0.2, -0.15) is 0 Å². The number of hydrogen-bond donors (Lipinski definition) is 1. The van der Waals surface area contributed by atoms with E-state index in [1.165, 1.54) is 6.07 Å². The SMILES string of the molecule is CC(C)(C)OC(=S)Cc1cc(N)c(F)cc1F. The van der Waals surface area contributed by atoms with Gasteiger partial charge in [0.15, 0.2) is 5.05 Å². The summed E-state index contributed by atoms with van der Waals surface area (Å²) in [5, 5.41) is 0.252. The van der Waals surface area contributed by atoms with E-state index in [2.05, 4.69) is 0 Å². The molecule has 0 bridgehead atoms. The fraction of sp³-hybridized carbons (Fsp3) is 0.417. The van der Waals surface area contributed by atoms with E-state index in [4.69, 9.17) is 22.7 Å². The Bertz CT molecular complexity index is 441. The minimum Gasteiger partial charge on any atom is -0.481 e. The molecule has 0 amide bonds. The molecule has 0 saturated heterocycles. The molecule has 0 atom stereocenters. The van der Waals surface area contributed by atoms with Crippen molar-refractivity contribution in [1.82, 2.24) is 0 Å². The van der Waals surface area contributed by atoms with Gasteiger partial charge in [0.25, 0.3) is 0 Å². The van der Waals surface area contributed by atoms with Gasteiger partial charge in [-0.15, -0.1) is 0 Å². The predicted molar refractivity (Wildman–Crippen MR) is 67.9 cm³/mol. The molecule has 0 unspecified atom stereocenters. The van der Waals surface area contributed by atoms with Crippen LogP contribution < -0.4 is 5.73 Å². The van der Waals surface area contributed by atoms with Gasteiger partial charge in [-0.25, -0.2) is 8.78 Å². The van der Waals surface area contributed by atoms with E-state index in [1.807, 2.05) is 20.8 Å². The Morgan fingerprint density at radius 3 is 2.41 bits per heavy atom. The maximum Gasteiger partial charge on any atom is 0.164 e. The van der Waals surface area contributed by atoms with E-state index >= 15 is 0 Å². The number of hydrogen-bond acceptors (Lipinski definition) is 3. The van der Waals surface area contributed by atoms with Crippen LogP contribution in [0.2, 0.25) is 0 Å². The Balaban J connectivity index is 2.82. The summed E-state index contributed by atoms with van der Waals surface area (Å²) in [5.74, 6) is -1.44. The number of benzene rings is 1. The quantitative estimate of drug-likeness (QED) is 0.654. The molecule has 0 aliphatic rings. The summed E-state index contributed by atoms with van der Waals surface area (Å²) >= 11 is 5.00. The zero-order valence-electron chi connectivity index (χ0n) is 10.0. The zero-order valence-corrected chi connectivity index (χ0v) is 10.8. The fourth-order valence-electron chi connectivity index (χ4n) is 1.28. The summed E-state index contributed by atoms with van der Waals surface area (Å²) in [6.07, 6.45) is 0.100. The van der Waals surface area contributed by atoms with Gasteiger partial charge in [-0.05, 0) is 44.6 Å². The molecule has 1 rings (SSSR count). The molecule has 17 heavy (non-hydrogen) atoms. The lowest BCUT2D eigenvalue weighted by atomic mass is 10.1. The summed E-state index contributed by atoms with van der Waals surface area (Å²) < 4.78 is 31.7. The van der Waals surface area contributed by atoms with Gasteiger partial charge in [0.05, 0.1) is 5.69 Å². The van der Waals surface area contributed by atoms with Crippen molar-refractivity contribution in [2.45, 2.75) is 32.8 Å². The summed E-state index contributed by atoms with van der Waals surface area (Å²) in [5.41, 5.74) is 5.07. The summed E-state index contributed by atoms with van der Waals surface area (Å²) in [7, 11) is 0. The Morgan fingerprint density at radius 1 is 1.29 bits per heavy atom. The van der Waals surface area contributed by atoms with E-state index in [9.17, 15) is 8.78 Å². The highest BCUT2D eigenvalue weighted by atomic mass is 32.1. The molecule has 5 heteroatoms. The van der Waals surface area contributed by atoms with Crippen LogP contribution in [0, 0.1) is 11.6 Å². The lowest BCUT2D eigenvalue weighted by Gasteiger charge is -2.21. The Kier molecular flexibility index (Phi) is 4.03. The van der Waals surface area contributed by atoms with Crippen molar-refractivity contribution in [2.75, 3.05) is 5.73 Å². The van der Waals surface area contributed by atoms with Crippen LogP contribution in [-0.2, 0) is 11.2 Å². The van der Waals surface area contributed by atoms with Crippen molar-refractivity contribution in [1.29, 1.82) is 0 Å². The van der Waals surface area contributed by atoms with E-state index in [1.54, 1.807) is 0 Å². The highest BCUT2D eigenvalue weighted by molar-refractivity contribution is 7.80. The highest BCUT2D eigenvalue weighted by Crippen LogP contribution is 2.19. The summed E-state index contributed by atoms with van der Waals surface area (Å²) in [6, 6.07) is 1.99. The fourth-order valence-corrected chi connectivity index (χ4v) is 1.69. The van der Waals surface area contributed by atoms with E-state index in [0.717, 1.165) is 6.07 Å². The molecular formula is C12H15F2NOS. The van der Waals surface area contributed by atoms with Crippen molar-refractivity contribution >= 4 is 23.0 Å².